The second-order valence-corrected chi connectivity index (χ2v) is 6.95. The molecule has 2 aliphatic heterocycles. The molecule has 27 heavy (non-hydrogen) atoms. The van der Waals surface area contributed by atoms with Crippen LogP contribution >= 0.6 is 0 Å². The summed E-state index contributed by atoms with van der Waals surface area (Å²) in [6.45, 7) is 4.90. The van der Waals surface area contributed by atoms with E-state index >= 15 is 0 Å². The van der Waals surface area contributed by atoms with Crippen molar-refractivity contribution in [3.8, 4) is 6.07 Å². The molecule has 4 amide bonds. The number of benzene rings is 1. The van der Waals surface area contributed by atoms with Gasteiger partial charge in [-0.3, -0.25) is 5.32 Å². The van der Waals surface area contributed by atoms with Gasteiger partial charge in [-0.2, -0.15) is 5.26 Å². The average Bonchev–Trinajstić information content (AvgIpc) is 2.67. The van der Waals surface area contributed by atoms with Gasteiger partial charge >= 0.3 is 12.1 Å². The predicted octanol–water partition coefficient (Wildman–Crippen LogP) is 2.16. The summed E-state index contributed by atoms with van der Waals surface area (Å²) in [5.41, 5.74) is 1.91. The predicted molar refractivity (Wildman–Crippen MR) is 98.6 cm³/mol. The summed E-state index contributed by atoms with van der Waals surface area (Å²) in [6.07, 6.45) is 0.645. The van der Waals surface area contributed by atoms with E-state index in [1.807, 2.05) is 38.1 Å². The van der Waals surface area contributed by atoms with Gasteiger partial charge in [0.1, 0.15) is 0 Å². The number of urea groups is 2. The molecule has 2 fully saturated rings. The Morgan fingerprint density at radius 3 is 2.44 bits per heavy atom. The quantitative estimate of drug-likeness (QED) is 0.735. The molecule has 1 aromatic rings. The fourth-order valence-corrected chi connectivity index (χ4v) is 3.39. The maximum absolute atomic E-state index is 12.5. The Morgan fingerprint density at radius 2 is 1.81 bits per heavy atom. The Bertz CT molecular complexity index is 723. The van der Waals surface area contributed by atoms with Gasteiger partial charge in [0.25, 0.3) is 0 Å². The molecule has 2 aliphatic rings. The highest BCUT2D eigenvalue weighted by Crippen LogP contribution is 2.21. The van der Waals surface area contributed by atoms with Crippen LogP contribution in [-0.4, -0.2) is 42.5 Å². The minimum absolute atomic E-state index is 0.129. The summed E-state index contributed by atoms with van der Waals surface area (Å²) in [7, 11) is 0. The Morgan fingerprint density at radius 1 is 1.19 bits per heavy atom. The molecular formula is C19H25N5O3. The van der Waals surface area contributed by atoms with Crippen molar-refractivity contribution in [1.29, 1.82) is 5.26 Å². The number of imide groups is 1. The minimum Gasteiger partial charge on any atom is -0.381 e. The van der Waals surface area contributed by atoms with Crippen LogP contribution in [0.15, 0.2) is 24.3 Å². The zero-order valence-corrected chi connectivity index (χ0v) is 15.6. The molecule has 3 rings (SSSR count). The first-order chi connectivity index (χ1) is 13.0. The number of hydrogen-bond acceptors (Lipinski definition) is 5. The van der Waals surface area contributed by atoms with Crippen molar-refractivity contribution >= 4 is 12.1 Å². The van der Waals surface area contributed by atoms with Crippen LogP contribution < -0.4 is 16.0 Å². The van der Waals surface area contributed by atoms with Crippen LogP contribution in [0.3, 0.4) is 0 Å². The zero-order chi connectivity index (χ0) is 19.4. The van der Waals surface area contributed by atoms with Gasteiger partial charge < -0.3 is 15.4 Å². The number of carbonyl (C=O) groups is 2. The van der Waals surface area contributed by atoms with Gasteiger partial charge in [0, 0.05) is 25.3 Å². The van der Waals surface area contributed by atoms with Gasteiger partial charge in [-0.05, 0) is 37.8 Å². The topological polar surface area (TPSA) is 106 Å². The first-order valence-electron chi connectivity index (χ1n) is 9.23. The van der Waals surface area contributed by atoms with E-state index < -0.39 is 18.4 Å². The van der Waals surface area contributed by atoms with Crippen LogP contribution in [-0.2, 0) is 4.74 Å². The summed E-state index contributed by atoms with van der Waals surface area (Å²) in [5, 5.41) is 17.9. The third kappa shape index (κ3) is 4.38. The molecule has 1 aromatic carbocycles. The average molecular weight is 371 g/mol. The second-order valence-electron chi connectivity index (χ2n) is 6.95. The molecule has 2 atom stereocenters. The highest BCUT2D eigenvalue weighted by Gasteiger charge is 2.37. The summed E-state index contributed by atoms with van der Waals surface area (Å²) in [6, 6.07) is 8.90. The maximum Gasteiger partial charge on any atom is 0.328 e. The monoisotopic (exact) mass is 371 g/mol. The molecular weight excluding hydrogens is 346 g/mol. The standard InChI is InChI=1S/C19H25N5O3/c1-12(11-20)14-4-3-5-15(10-14)13(2)21-17-22-18(25)24(19(26)23-17)16-6-8-27-9-7-16/h3-5,10,12-13,16-17,21H,6-9H2,1-2H3,(H,22,25)(H,23,26)/t12?,13-/m0/s1. The number of rotatable bonds is 5. The van der Waals surface area contributed by atoms with Crippen molar-refractivity contribution in [2.45, 2.75) is 51.0 Å². The molecule has 0 aliphatic carbocycles. The molecule has 144 valence electrons. The second kappa shape index (κ2) is 8.37. The van der Waals surface area contributed by atoms with Crippen molar-refractivity contribution in [3.05, 3.63) is 35.4 Å². The van der Waals surface area contributed by atoms with Crippen LogP contribution in [0.5, 0.6) is 0 Å². The lowest BCUT2D eigenvalue weighted by atomic mass is 9.98. The van der Waals surface area contributed by atoms with Crippen LogP contribution in [0.25, 0.3) is 0 Å². The Kier molecular flexibility index (Phi) is 5.94. The SMILES string of the molecule is CC(C#N)c1cccc([C@H](C)NC2NC(=O)N(C3CCOCC3)C(=O)N2)c1. The molecule has 2 heterocycles. The van der Waals surface area contributed by atoms with E-state index in [2.05, 4.69) is 22.0 Å². The van der Waals surface area contributed by atoms with E-state index in [0.717, 1.165) is 11.1 Å². The fourth-order valence-electron chi connectivity index (χ4n) is 3.39. The summed E-state index contributed by atoms with van der Waals surface area (Å²) in [5.74, 6) is -0.195. The summed E-state index contributed by atoms with van der Waals surface area (Å²) in [4.78, 5) is 26.2. The van der Waals surface area contributed by atoms with Crippen molar-refractivity contribution in [2.75, 3.05) is 13.2 Å². The van der Waals surface area contributed by atoms with Crippen molar-refractivity contribution in [3.63, 3.8) is 0 Å². The van der Waals surface area contributed by atoms with Gasteiger partial charge in [0.15, 0.2) is 6.29 Å². The van der Waals surface area contributed by atoms with Gasteiger partial charge in [-0.1, -0.05) is 24.3 Å². The van der Waals surface area contributed by atoms with Crippen LogP contribution in [0.1, 0.15) is 49.8 Å². The maximum atomic E-state index is 12.5. The van der Waals surface area contributed by atoms with Crippen LogP contribution in [0.2, 0.25) is 0 Å². The van der Waals surface area contributed by atoms with Crippen molar-refractivity contribution in [1.82, 2.24) is 20.9 Å². The molecule has 0 spiro atoms. The van der Waals surface area contributed by atoms with Gasteiger partial charge in [-0.15, -0.1) is 0 Å². The third-order valence-corrected chi connectivity index (χ3v) is 5.05. The van der Waals surface area contributed by atoms with E-state index in [0.29, 0.717) is 26.1 Å². The van der Waals surface area contributed by atoms with E-state index in [1.54, 1.807) is 0 Å². The van der Waals surface area contributed by atoms with Crippen molar-refractivity contribution < 1.29 is 14.3 Å². The van der Waals surface area contributed by atoms with Gasteiger partial charge in [0.05, 0.1) is 12.0 Å². The number of nitrogens with zero attached hydrogens (tertiary/aromatic N) is 2. The first-order valence-corrected chi connectivity index (χ1v) is 9.23. The molecule has 0 bridgehead atoms. The number of nitriles is 1. The molecule has 8 nitrogen and oxygen atoms in total. The highest BCUT2D eigenvalue weighted by molar-refractivity contribution is 5.96. The number of amides is 4. The molecule has 1 unspecified atom stereocenters. The fraction of sp³-hybridized carbons (Fsp3) is 0.526. The molecule has 3 N–H and O–H groups in total. The third-order valence-electron chi connectivity index (χ3n) is 5.05. The Hall–Kier alpha value is -2.63. The largest absolute Gasteiger partial charge is 0.381 e. The van der Waals surface area contributed by atoms with Crippen LogP contribution in [0, 0.1) is 11.3 Å². The first kappa shape index (κ1) is 19.1. The number of ether oxygens (including phenoxy) is 1. The molecule has 0 saturated carbocycles. The number of carbonyl (C=O) groups excluding carboxylic acids is 2. The van der Waals surface area contributed by atoms with Gasteiger partial charge in [-0.25, -0.2) is 14.5 Å². The number of nitrogens with one attached hydrogen (secondary N) is 3. The van der Waals surface area contributed by atoms with Gasteiger partial charge in [0.2, 0.25) is 0 Å². The lowest BCUT2D eigenvalue weighted by molar-refractivity contribution is 0.0492. The van der Waals surface area contributed by atoms with E-state index in [4.69, 9.17) is 10.00 Å². The van der Waals surface area contributed by atoms with Crippen LogP contribution in [0.4, 0.5) is 9.59 Å². The highest BCUT2D eigenvalue weighted by atomic mass is 16.5. The normalized spacial score (nSPS) is 21.1. The Balaban J connectivity index is 1.63. The van der Waals surface area contributed by atoms with Crippen molar-refractivity contribution in [2.24, 2.45) is 0 Å². The lowest BCUT2D eigenvalue weighted by Gasteiger charge is -2.39. The number of hydrogen-bond donors (Lipinski definition) is 3. The molecule has 8 heteroatoms. The molecule has 0 radical (unpaired) electrons. The van der Waals surface area contributed by atoms with E-state index in [9.17, 15) is 9.59 Å². The molecule has 0 aromatic heterocycles. The Labute approximate surface area is 158 Å². The lowest BCUT2D eigenvalue weighted by Crippen LogP contribution is -2.70. The summed E-state index contributed by atoms with van der Waals surface area (Å²) < 4.78 is 5.30. The molecule has 2 saturated heterocycles. The smallest absolute Gasteiger partial charge is 0.328 e. The minimum atomic E-state index is -0.659. The van der Waals surface area contributed by atoms with E-state index in [-0.39, 0.29) is 18.0 Å². The van der Waals surface area contributed by atoms with E-state index in [1.165, 1.54) is 4.90 Å². The zero-order valence-electron chi connectivity index (χ0n) is 15.6. The summed E-state index contributed by atoms with van der Waals surface area (Å²) >= 11 is 0.